The summed E-state index contributed by atoms with van der Waals surface area (Å²) in [4.78, 5) is 4.66. The van der Waals surface area contributed by atoms with Crippen LogP contribution in [0, 0.1) is 23.7 Å². The van der Waals surface area contributed by atoms with Crippen molar-refractivity contribution in [2.24, 2.45) is 34.4 Å². The second-order valence-electron chi connectivity index (χ2n) is 8.24. The number of aliphatic imine (C=N–C) groups is 1. The molecule has 3 aliphatic carbocycles. The van der Waals surface area contributed by atoms with Crippen LogP contribution < -0.4 is 5.73 Å². The molecular formula is C18H29ClN2O. The molecule has 4 rings (SSSR count). The average molecular weight is 325 g/mol. The highest BCUT2D eigenvalue weighted by Gasteiger charge is 2.56. The summed E-state index contributed by atoms with van der Waals surface area (Å²) in [5.41, 5.74) is 5.40. The lowest BCUT2D eigenvalue weighted by atomic mass is 9.60. The Bertz CT molecular complexity index is 468. The van der Waals surface area contributed by atoms with E-state index in [1.165, 1.54) is 32.1 Å². The number of fused-ring (bicyclic) bond motifs is 2. The molecule has 0 saturated heterocycles. The van der Waals surface area contributed by atoms with E-state index in [0.717, 1.165) is 43.9 Å². The third kappa shape index (κ3) is 2.31. The summed E-state index contributed by atoms with van der Waals surface area (Å²) in [6.07, 6.45) is 11.9. The molecule has 1 aliphatic heterocycles. The number of hydrogen-bond acceptors (Lipinski definition) is 3. The Balaban J connectivity index is 1.56. The summed E-state index contributed by atoms with van der Waals surface area (Å²) >= 11 is 6.40. The van der Waals surface area contributed by atoms with Crippen molar-refractivity contribution in [3.05, 3.63) is 0 Å². The van der Waals surface area contributed by atoms with Gasteiger partial charge in [0.25, 0.3) is 0 Å². The monoisotopic (exact) mass is 324 g/mol. The van der Waals surface area contributed by atoms with Crippen LogP contribution in [0.15, 0.2) is 4.99 Å². The van der Waals surface area contributed by atoms with Gasteiger partial charge in [-0.25, -0.2) is 0 Å². The Morgan fingerprint density at radius 1 is 1.00 bits per heavy atom. The lowest BCUT2D eigenvalue weighted by Gasteiger charge is -2.47. The number of nitrogens with zero attached hydrogens (tertiary/aromatic N) is 1. The van der Waals surface area contributed by atoms with Crippen LogP contribution in [0.3, 0.4) is 0 Å². The van der Waals surface area contributed by atoms with Crippen LogP contribution in [0.4, 0.5) is 0 Å². The minimum Gasteiger partial charge on any atom is -0.385 e. The van der Waals surface area contributed by atoms with Crippen LogP contribution in [-0.4, -0.2) is 28.0 Å². The van der Waals surface area contributed by atoms with Gasteiger partial charge in [-0.3, -0.25) is 4.99 Å². The topological polar surface area (TPSA) is 58.6 Å². The normalized spacial score (nSPS) is 51.8. The van der Waals surface area contributed by atoms with Crippen molar-refractivity contribution < 1.29 is 5.11 Å². The molecule has 124 valence electrons. The average Bonchev–Trinajstić information content (AvgIpc) is 2.79. The predicted octanol–water partition coefficient (Wildman–Crippen LogP) is 3.47. The van der Waals surface area contributed by atoms with E-state index in [0.29, 0.717) is 11.8 Å². The molecule has 0 bridgehead atoms. The SMILES string of the molecule is NC1=NC2CCC(Cl)CC2C1(O)C1CCC2CCCCC2C1. The first-order valence-corrected chi connectivity index (χ1v) is 9.73. The quantitative estimate of drug-likeness (QED) is 0.725. The van der Waals surface area contributed by atoms with Crippen molar-refractivity contribution in [1.29, 1.82) is 0 Å². The van der Waals surface area contributed by atoms with E-state index < -0.39 is 5.60 Å². The molecule has 3 N–H and O–H groups in total. The Morgan fingerprint density at radius 3 is 2.59 bits per heavy atom. The molecule has 0 radical (unpaired) electrons. The third-order valence-electron chi connectivity index (χ3n) is 7.19. The van der Waals surface area contributed by atoms with Crippen molar-refractivity contribution in [3.63, 3.8) is 0 Å². The second kappa shape index (κ2) is 5.66. The minimum atomic E-state index is -0.874. The van der Waals surface area contributed by atoms with E-state index in [-0.39, 0.29) is 17.3 Å². The van der Waals surface area contributed by atoms with E-state index in [4.69, 9.17) is 17.3 Å². The Kier molecular flexibility index (Phi) is 3.93. The molecule has 1 heterocycles. The van der Waals surface area contributed by atoms with Gasteiger partial charge in [0.2, 0.25) is 0 Å². The predicted molar refractivity (Wildman–Crippen MR) is 90.1 cm³/mol. The number of alkyl halides is 1. The number of aliphatic hydroxyl groups is 1. The van der Waals surface area contributed by atoms with Gasteiger partial charge in [0.05, 0.1) is 6.04 Å². The van der Waals surface area contributed by atoms with E-state index >= 15 is 0 Å². The van der Waals surface area contributed by atoms with Crippen LogP contribution >= 0.6 is 11.6 Å². The van der Waals surface area contributed by atoms with Crippen molar-refractivity contribution in [3.8, 4) is 0 Å². The van der Waals surface area contributed by atoms with Crippen molar-refractivity contribution in [1.82, 2.24) is 0 Å². The molecule has 4 heteroatoms. The number of halogens is 1. The molecule has 3 saturated carbocycles. The maximum atomic E-state index is 11.6. The molecular weight excluding hydrogens is 296 g/mol. The van der Waals surface area contributed by atoms with Gasteiger partial charge in [-0.1, -0.05) is 25.7 Å². The van der Waals surface area contributed by atoms with E-state index in [1.807, 2.05) is 0 Å². The number of rotatable bonds is 1. The number of hydrogen-bond donors (Lipinski definition) is 2. The zero-order valence-electron chi connectivity index (χ0n) is 13.4. The first-order chi connectivity index (χ1) is 10.6. The highest BCUT2D eigenvalue weighted by Crippen LogP contribution is 2.52. The molecule has 3 nitrogen and oxygen atoms in total. The largest absolute Gasteiger partial charge is 0.385 e. The van der Waals surface area contributed by atoms with Gasteiger partial charge in [0.15, 0.2) is 0 Å². The van der Waals surface area contributed by atoms with Crippen LogP contribution in [-0.2, 0) is 0 Å². The Labute approximate surface area is 138 Å². The van der Waals surface area contributed by atoms with Gasteiger partial charge < -0.3 is 10.8 Å². The van der Waals surface area contributed by atoms with Gasteiger partial charge in [0, 0.05) is 11.3 Å². The molecule has 0 aromatic rings. The van der Waals surface area contributed by atoms with Gasteiger partial charge in [0.1, 0.15) is 11.4 Å². The van der Waals surface area contributed by atoms with Crippen molar-refractivity contribution in [2.45, 2.75) is 81.2 Å². The summed E-state index contributed by atoms with van der Waals surface area (Å²) in [6, 6.07) is 0.212. The molecule has 22 heavy (non-hydrogen) atoms. The first kappa shape index (κ1) is 15.3. The molecule has 0 aromatic heterocycles. The van der Waals surface area contributed by atoms with Crippen molar-refractivity contribution >= 4 is 17.4 Å². The second-order valence-corrected chi connectivity index (χ2v) is 8.86. The van der Waals surface area contributed by atoms with Gasteiger partial charge in [-0.05, 0) is 56.3 Å². The van der Waals surface area contributed by atoms with E-state index in [1.54, 1.807) is 0 Å². The fourth-order valence-electron chi connectivity index (χ4n) is 5.99. The summed E-state index contributed by atoms with van der Waals surface area (Å²) in [5, 5.41) is 11.8. The molecule has 3 fully saturated rings. The standard InChI is InChI=1S/C18H29ClN2O/c19-14-7-8-16-15(10-14)18(22,17(20)21-16)13-6-5-11-3-1-2-4-12(11)9-13/h11-16,22H,1-10H2,(H2,20,21). The van der Waals surface area contributed by atoms with Crippen LogP contribution in [0.5, 0.6) is 0 Å². The summed E-state index contributed by atoms with van der Waals surface area (Å²) < 4.78 is 0. The Morgan fingerprint density at radius 2 is 1.77 bits per heavy atom. The summed E-state index contributed by atoms with van der Waals surface area (Å²) in [5.74, 6) is 2.68. The van der Waals surface area contributed by atoms with Crippen LogP contribution in [0.25, 0.3) is 0 Å². The molecule has 7 atom stereocenters. The van der Waals surface area contributed by atoms with Gasteiger partial charge in [-0.2, -0.15) is 0 Å². The smallest absolute Gasteiger partial charge is 0.129 e. The van der Waals surface area contributed by atoms with E-state index in [2.05, 4.69) is 4.99 Å². The highest BCUT2D eigenvalue weighted by atomic mass is 35.5. The molecule has 7 unspecified atom stereocenters. The fraction of sp³-hybridized carbons (Fsp3) is 0.944. The zero-order chi connectivity index (χ0) is 15.3. The number of amidine groups is 1. The van der Waals surface area contributed by atoms with Gasteiger partial charge >= 0.3 is 0 Å². The van der Waals surface area contributed by atoms with Crippen molar-refractivity contribution in [2.75, 3.05) is 0 Å². The maximum Gasteiger partial charge on any atom is 0.129 e. The maximum absolute atomic E-state index is 11.6. The Hall–Kier alpha value is -0.280. The van der Waals surface area contributed by atoms with Gasteiger partial charge in [-0.15, -0.1) is 11.6 Å². The molecule has 0 amide bonds. The highest BCUT2D eigenvalue weighted by molar-refractivity contribution is 6.20. The molecule has 0 spiro atoms. The molecule has 0 aromatic carbocycles. The third-order valence-corrected chi connectivity index (χ3v) is 7.59. The minimum absolute atomic E-state index is 0.161. The van der Waals surface area contributed by atoms with Crippen LogP contribution in [0.1, 0.15) is 64.2 Å². The summed E-state index contributed by atoms with van der Waals surface area (Å²) in [7, 11) is 0. The fourth-order valence-corrected chi connectivity index (χ4v) is 6.31. The summed E-state index contributed by atoms with van der Waals surface area (Å²) in [6.45, 7) is 0. The lowest BCUT2D eigenvalue weighted by molar-refractivity contribution is -0.0496. The first-order valence-electron chi connectivity index (χ1n) is 9.29. The van der Waals surface area contributed by atoms with E-state index in [9.17, 15) is 5.11 Å². The zero-order valence-corrected chi connectivity index (χ0v) is 14.1. The number of nitrogens with two attached hydrogens (primary N) is 1. The lowest BCUT2D eigenvalue weighted by Crippen LogP contribution is -2.56. The molecule has 4 aliphatic rings. The van der Waals surface area contributed by atoms with Crippen LogP contribution in [0.2, 0.25) is 0 Å².